The maximum absolute atomic E-state index is 5.89. The minimum absolute atomic E-state index is 0.397. The maximum atomic E-state index is 5.89. The molecule has 2 saturated carbocycles. The van der Waals surface area contributed by atoms with Gasteiger partial charge in [-0.15, -0.1) is 10.2 Å². The van der Waals surface area contributed by atoms with Crippen LogP contribution in [-0.2, 0) is 0 Å². The molecule has 6 heteroatoms. The summed E-state index contributed by atoms with van der Waals surface area (Å²) in [5.74, 6) is 4.37. The Kier molecular flexibility index (Phi) is 3.49. The van der Waals surface area contributed by atoms with E-state index in [0.29, 0.717) is 17.8 Å². The quantitative estimate of drug-likeness (QED) is 0.858. The lowest BCUT2D eigenvalue weighted by molar-refractivity contribution is 0.375. The molecule has 3 aliphatic rings. The molecule has 0 amide bonds. The molecule has 5 rings (SSSR count). The Morgan fingerprint density at radius 1 is 0.833 bits per heavy atom. The van der Waals surface area contributed by atoms with E-state index < -0.39 is 0 Å². The molecular formula is C18H23N5O. The Morgan fingerprint density at radius 3 is 2.17 bits per heavy atom. The first-order valence-electron chi connectivity index (χ1n) is 9.27. The number of aromatic nitrogens is 4. The topological polar surface area (TPSA) is 67.9 Å². The monoisotopic (exact) mass is 325 g/mol. The van der Waals surface area contributed by atoms with E-state index in [9.17, 15) is 0 Å². The Labute approximate surface area is 141 Å². The fourth-order valence-corrected chi connectivity index (χ4v) is 3.72. The predicted octanol–water partition coefficient (Wildman–Crippen LogP) is 3.39. The highest BCUT2D eigenvalue weighted by molar-refractivity contribution is 5.40. The Hall–Kier alpha value is -1.98. The second kappa shape index (κ2) is 5.83. The normalized spacial score (nSPS) is 22.6. The molecule has 2 aromatic rings. The van der Waals surface area contributed by atoms with Crippen LogP contribution in [0.4, 0.5) is 5.82 Å². The van der Waals surface area contributed by atoms with Crippen molar-refractivity contribution >= 4 is 5.82 Å². The van der Waals surface area contributed by atoms with Crippen LogP contribution < -0.4 is 4.90 Å². The number of rotatable bonds is 4. The van der Waals surface area contributed by atoms with Crippen molar-refractivity contribution in [3.8, 4) is 0 Å². The molecule has 0 aromatic carbocycles. The zero-order chi connectivity index (χ0) is 15.9. The van der Waals surface area contributed by atoms with Gasteiger partial charge in [0, 0.05) is 42.6 Å². The molecule has 0 N–H and O–H groups in total. The van der Waals surface area contributed by atoms with Crippen molar-refractivity contribution in [3.05, 3.63) is 29.9 Å². The lowest BCUT2D eigenvalue weighted by Gasteiger charge is -2.32. The molecule has 0 spiro atoms. The van der Waals surface area contributed by atoms with Gasteiger partial charge in [0.1, 0.15) is 12.1 Å². The second-order valence-electron chi connectivity index (χ2n) is 7.44. The van der Waals surface area contributed by atoms with Crippen LogP contribution in [0.3, 0.4) is 0 Å². The molecule has 2 aromatic heterocycles. The fraction of sp³-hybridized carbons (Fsp3) is 0.667. The third-order valence-electron chi connectivity index (χ3n) is 5.75. The Morgan fingerprint density at radius 2 is 1.54 bits per heavy atom. The van der Waals surface area contributed by atoms with Crippen LogP contribution >= 0.6 is 0 Å². The van der Waals surface area contributed by atoms with Gasteiger partial charge < -0.3 is 9.32 Å². The van der Waals surface area contributed by atoms with Gasteiger partial charge in [-0.3, -0.25) is 0 Å². The Bertz CT molecular complexity index is 714. The molecule has 24 heavy (non-hydrogen) atoms. The van der Waals surface area contributed by atoms with Gasteiger partial charge in [0.25, 0.3) is 0 Å². The van der Waals surface area contributed by atoms with E-state index in [0.717, 1.165) is 43.5 Å². The highest BCUT2D eigenvalue weighted by Gasteiger charge is 2.32. The van der Waals surface area contributed by atoms with Crippen LogP contribution in [0.1, 0.15) is 80.2 Å². The summed E-state index contributed by atoms with van der Waals surface area (Å²) in [6, 6.07) is 2.20. The van der Waals surface area contributed by atoms with Gasteiger partial charge in [-0.2, -0.15) is 0 Å². The van der Waals surface area contributed by atoms with Gasteiger partial charge in [0.15, 0.2) is 0 Å². The van der Waals surface area contributed by atoms with Crippen LogP contribution in [0, 0.1) is 0 Å². The minimum Gasteiger partial charge on any atom is -0.425 e. The van der Waals surface area contributed by atoms with Crippen molar-refractivity contribution in [3.63, 3.8) is 0 Å². The summed E-state index contributed by atoms with van der Waals surface area (Å²) in [7, 11) is 0. The van der Waals surface area contributed by atoms with E-state index in [1.165, 1.54) is 37.8 Å². The maximum Gasteiger partial charge on any atom is 0.219 e. The van der Waals surface area contributed by atoms with Gasteiger partial charge in [-0.05, 0) is 38.5 Å². The third kappa shape index (κ3) is 2.68. The van der Waals surface area contributed by atoms with Crippen molar-refractivity contribution in [2.75, 3.05) is 18.0 Å². The van der Waals surface area contributed by atoms with Crippen LogP contribution in [0.2, 0.25) is 0 Å². The molecule has 126 valence electrons. The summed E-state index contributed by atoms with van der Waals surface area (Å²) in [5.41, 5.74) is 1.22. The van der Waals surface area contributed by atoms with Gasteiger partial charge in [0.2, 0.25) is 11.8 Å². The number of hydrogen-bond donors (Lipinski definition) is 0. The van der Waals surface area contributed by atoms with Gasteiger partial charge >= 0.3 is 0 Å². The number of nitrogens with zero attached hydrogens (tertiary/aromatic N) is 5. The molecule has 0 bridgehead atoms. The average Bonchev–Trinajstić information content (AvgIpc) is 3.31. The van der Waals surface area contributed by atoms with E-state index in [1.807, 2.05) is 0 Å². The molecule has 3 fully saturated rings. The van der Waals surface area contributed by atoms with Gasteiger partial charge in [-0.25, -0.2) is 9.97 Å². The van der Waals surface area contributed by atoms with E-state index in [-0.39, 0.29) is 0 Å². The molecule has 3 heterocycles. The summed E-state index contributed by atoms with van der Waals surface area (Å²) in [4.78, 5) is 11.3. The summed E-state index contributed by atoms with van der Waals surface area (Å²) in [5, 5.41) is 8.52. The van der Waals surface area contributed by atoms with E-state index in [2.05, 4.69) is 31.1 Å². The number of hydrogen-bond acceptors (Lipinski definition) is 6. The van der Waals surface area contributed by atoms with Crippen molar-refractivity contribution in [1.82, 2.24) is 20.2 Å². The largest absolute Gasteiger partial charge is 0.425 e. The van der Waals surface area contributed by atoms with Crippen LogP contribution in [0.15, 0.2) is 16.8 Å². The van der Waals surface area contributed by atoms with Gasteiger partial charge in [-0.1, -0.05) is 6.42 Å². The van der Waals surface area contributed by atoms with Crippen LogP contribution in [0.25, 0.3) is 0 Å². The van der Waals surface area contributed by atoms with Crippen LogP contribution in [-0.4, -0.2) is 33.3 Å². The smallest absolute Gasteiger partial charge is 0.219 e. The Balaban J connectivity index is 1.24. The summed E-state index contributed by atoms with van der Waals surface area (Å²) < 4.78 is 5.89. The molecular weight excluding hydrogens is 302 g/mol. The molecule has 0 radical (unpaired) electrons. The molecule has 0 unspecified atom stereocenters. The summed E-state index contributed by atoms with van der Waals surface area (Å²) in [6.45, 7) is 1.99. The number of anilines is 1. The molecule has 6 nitrogen and oxygen atoms in total. The fourth-order valence-electron chi connectivity index (χ4n) is 3.72. The number of piperidine rings is 1. The highest BCUT2D eigenvalue weighted by Crippen LogP contribution is 2.40. The first-order chi connectivity index (χ1) is 11.9. The highest BCUT2D eigenvalue weighted by atomic mass is 16.4. The first-order valence-corrected chi connectivity index (χ1v) is 9.27. The summed E-state index contributed by atoms with van der Waals surface area (Å²) in [6.07, 6.45) is 10.1. The van der Waals surface area contributed by atoms with Gasteiger partial charge in [0.05, 0.1) is 0 Å². The van der Waals surface area contributed by atoms with Crippen molar-refractivity contribution in [1.29, 1.82) is 0 Å². The third-order valence-corrected chi connectivity index (χ3v) is 5.75. The van der Waals surface area contributed by atoms with Crippen molar-refractivity contribution < 1.29 is 4.42 Å². The second-order valence-corrected chi connectivity index (χ2v) is 7.44. The lowest BCUT2D eigenvalue weighted by atomic mass is 9.83. The van der Waals surface area contributed by atoms with Crippen molar-refractivity contribution in [2.24, 2.45) is 0 Å². The average molecular weight is 325 g/mol. The molecule has 0 atom stereocenters. The lowest BCUT2D eigenvalue weighted by Crippen LogP contribution is -2.33. The zero-order valence-electron chi connectivity index (χ0n) is 13.9. The van der Waals surface area contributed by atoms with Crippen LogP contribution in [0.5, 0.6) is 0 Å². The van der Waals surface area contributed by atoms with E-state index in [1.54, 1.807) is 6.33 Å². The standard InChI is InChI=1S/C18H23N5O/c1-2-12(3-1)15-10-16(20-11-19-15)23-8-6-14(7-9-23)18-22-21-17(24-18)13-4-5-13/h10-14H,1-9H2. The minimum atomic E-state index is 0.397. The van der Waals surface area contributed by atoms with Crippen molar-refractivity contribution in [2.45, 2.75) is 62.7 Å². The van der Waals surface area contributed by atoms with E-state index in [4.69, 9.17) is 4.42 Å². The first kappa shape index (κ1) is 14.4. The molecule has 2 aliphatic carbocycles. The molecule has 1 saturated heterocycles. The SMILES string of the molecule is c1nc(C2CCC2)cc(N2CCC(c3nnc(C4CC4)o3)CC2)n1. The summed E-state index contributed by atoms with van der Waals surface area (Å²) >= 11 is 0. The van der Waals surface area contributed by atoms with E-state index >= 15 is 0 Å². The molecule has 1 aliphatic heterocycles. The zero-order valence-corrected chi connectivity index (χ0v) is 13.9. The predicted molar refractivity (Wildman–Crippen MR) is 89.1 cm³/mol.